The van der Waals surface area contributed by atoms with Crippen LogP contribution in [0.25, 0.3) is 22.5 Å². The third-order valence-corrected chi connectivity index (χ3v) is 4.28. The molecule has 0 fully saturated rings. The molecule has 0 radical (unpaired) electrons. The number of benzene rings is 1. The summed E-state index contributed by atoms with van der Waals surface area (Å²) in [6, 6.07) is 22.0. The van der Waals surface area contributed by atoms with Crippen molar-refractivity contribution in [3.8, 4) is 22.5 Å². The molecule has 0 saturated carbocycles. The van der Waals surface area contributed by atoms with Crippen molar-refractivity contribution in [2.24, 2.45) is 0 Å². The highest BCUT2D eigenvalue weighted by Gasteiger charge is 2.09. The summed E-state index contributed by atoms with van der Waals surface area (Å²) in [4.78, 5) is 8.82. The van der Waals surface area contributed by atoms with Gasteiger partial charge < -0.3 is 5.32 Å². The highest BCUT2D eigenvalue weighted by molar-refractivity contribution is 7.10. The lowest BCUT2D eigenvalue weighted by molar-refractivity contribution is 1.30. The minimum atomic E-state index is 0.819. The fraction of sp³-hybridized carbons (Fsp3) is 0. The second kappa shape index (κ2) is 6.60. The molecule has 0 saturated heterocycles. The Morgan fingerprint density at radius 2 is 1.58 bits per heavy atom. The van der Waals surface area contributed by atoms with Crippen LogP contribution in [0, 0.1) is 0 Å². The summed E-state index contributed by atoms with van der Waals surface area (Å²) in [5.41, 5.74) is 3.92. The van der Waals surface area contributed by atoms with Crippen LogP contribution in [-0.2, 0) is 0 Å². The highest BCUT2D eigenvalue weighted by Crippen LogP contribution is 2.31. The molecular weight excluding hydrogens is 316 g/mol. The standard InChI is InChI=1S/C19H14N4S/c1-2-7-14(8-3-1)15-9-6-12-21-19(15)22-18-13-17(23-24-18)16-10-4-5-11-20-16/h1-13H,(H,21,22). The second-order valence-electron chi connectivity index (χ2n) is 5.18. The lowest BCUT2D eigenvalue weighted by Crippen LogP contribution is -1.94. The Labute approximate surface area is 144 Å². The summed E-state index contributed by atoms with van der Waals surface area (Å²) in [6.45, 7) is 0. The van der Waals surface area contributed by atoms with Gasteiger partial charge in [-0.2, -0.15) is 4.37 Å². The number of anilines is 2. The molecule has 3 heterocycles. The monoisotopic (exact) mass is 330 g/mol. The van der Waals surface area contributed by atoms with Crippen LogP contribution < -0.4 is 5.32 Å². The number of nitrogens with zero attached hydrogens (tertiary/aromatic N) is 3. The van der Waals surface area contributed by atoms with Crippen molar-refractivity contribution < 1.29 is 0 Å². The lowest BCUT2D eigenvalue weighted by atomic mass is 10.1. The zero-order valence-corrected chi connectivity index (χ0v) is 13.6. The Morgan fingerprint density at radius 3 is 2.42 bits per heavy atom. The van der Waals surface area contributed by atoms with Crippen molar-refractivity contribution in [1.82, 2.24) is 14.3 Å². The van der Waals surface area contributed by atoms with Crippen molar-refractivity contribution in [2.75, 3.05) is 5.32 Å². The first-order valence-electron chi connectivity index (χ1n) is 7.56. The summed E-state index contributed by atoms with van der Waals surface area (Å²) in [7, 11) is 0. The van der Waals surface area contributed by atoms with E-state index in [1.807, 2.05) is 48.5 Å². The molecule has 0 aliphatic rings. The van der Waals surface area contributed by atoms with Crippen molar-refractivity contribution in [1.29, 1.82) is 0 Å². The van der Waals surface area contributed by atoms with Crippen LogP contribution in [0.3, 0.4) is 0 Å². The maximum atomic E-state index is 4.48. The van der Waals surface area contributed by atoms with E-state index in [4.69, 9.17) is 0 Å². The minimum Gasteiger partial charge on any atom is -0.330 e. The first kappa shape index (κ1) is 14.5. The third kappa shape index (κ3) is 3.02. The van der Waals surface area contributed by atoms with Crippen LogP contribution in [0.2, 0.25) is 0 Å². The molecule has 0 atom stereocenters. The van der Waals surface area contributed by atoms with E-state index in [9.17, 15) is 0 Å². The normalized spacial score (nSPS) is 10.5. The Hall–Kier alpha value is -3.05. The van der Waals surface area contributed by atoms with E-state index in [2.05, 4.69) is 37.9 Å². The van der Waals surface area contributed by atoms with Gasteiger partial charge in [0.25, 0.3) is 0 Å². The van der Waals surface area contributed by atoms with Crippen LogP contribution in [-0.4, -0.2) is 14.3 Å². The Bertz CT molecular complexity index is 936. The molecule has 0 aliphatic carbocycles. The topological polar surface area (TPSA) is 50.7 Å². The molecule has 1 aromatic carbocycles. The molecule has 0 spiro atoms. The lowest BCUT2D eigenvalue weighted by Gasteiger charge is -2.09. The number of aromatic nitrogens is 3. The van der Waals surface area contributed by atoms with Gasteiger partial charge in [-0.3, -0.25) is 4.98 Å². The van der Waals surface area contributed by atoms with Gasteiger partial charge in [-0.15, -0.1) is 0 Å². The fourth-order valence-corrected chi connectivity index (χ4v) is 3.09. The predicted molar refractivity (Wildman–Crippen MR) is 98.3 cm³/mol. The molecule has 116 valence electrons. The summed E-state index contributed by atoms with van der Waals surface area (Å²) in [5, 5.41) is 4.31. The maximum Gasteiger partial charge on any atom is 0.138 e. The first-order chi connectivity index (χ1) is 11.9. The Kier molecular flexibility index (Phi) is 4.00. The molecule has 1 N–H and O–H groups in total. The summed E-state index contributed by atoms with van der Waals surface area (Å²) < 4.78 is 4.47. The van der Waals surface area contributed by atoms with Gasteiger partial charge in [0, 0.05) is 24.0 Å². The van der Waals surface area contributed by atoms with Crippen LogP contribution in [0.15, 0.2) is 79.1 Å². The first-order valence-corrected chi connectivity index (χ1v) is 8.33. The number of pyridine rings is 2. The van der Waals surface area contributed by atoms with Crippen LogP contribution in [0.4, 0.5) is 10.8 Å². The molecule has 4 aromatic rings. The Balaban J connectivity index is 1.64. The fourth-order valence-electron chi connectivity index (χ4n) is 2.44. The van der Waals surface area contributed by atoms with Gasteiger partial charge in [0.05, 0.1) is 5.69 Å². The molecule has 4 rings (SSSR count). The summed E-state index contributed by atoms with van der Waals surface area (Å²) >= 11 is 1.40. The molecule has 3 aromatic heterocycles. The van der Waals surface area contributed by atoms with E-state index >= 15 is 0 Å². The van der Waals surface area contributed by atoms with Crippen molar-refractivity contribution in [3.05, 3.63) is 79.1 Å². The van der Waals surface area contributed by atoms with Gasteiger partial charge in [-0.1, -0.05) is 36.4 Å². The van der Waals surface area contributed by atoms with E-state index in [0.717, 1.165) is 33.3 Å². The predicted octanol–water partition coefficient (Wildman–Crippen LogP) is 5.01. The zero-order chi connectivity index (χ0) is 16.2. The average Bonchev–Trinajstić information content (AvgIpc) is 3.12. The van der Waals surface area contributed by atoms with E-state index in [1.54, 1.807) is 12.4 Å². The zero-order valence-electron chi connectivity index (χ0n) is 12.8. The molecule has 5 heteroatoms. The van der Waals surface area contributed by atoms with E-state index in [1.165, 1.54) is 11.5 Å². The van der Waals surface area contributed by atoms with Gasteiger partial charge >= 0.3 is 0 Å². The maximum absolute atomic E-state index is 4.48. The number of hydrogen-bond acceptors (Lipinski definition) is 5. The average molecular weight is 330 g/mol. The van der Waals surface area contributed by atoms with Gasteiger partial charge in [0.2, 0.25) is 0 Å². The van der Waals surface area contributed by atoms with Gasteiger partial charge in [0.15, 0.2) is 0 Å². The minimum absolute atomic E-state index is 0.819. The summed E-state index contributed by atoms with van der Waals surface area (Å²) in [5.74, 6) is 0.819. The molecule has 0 bridgehead atoms. The summed E-state index contributed by atoms with van der Waals surface area (Å²) in [6.07, 6.45) is 3.56. The Morgan fingerprint density at radius 1 is 0.750 bits per heavy atom. The van der Waals surface area contributed by atoms with Crippen LogP contribution in [0.1, 0.15) is 0 Å². The number of hydrogen-bond donors (Lipinski definition) is 1. The molecular formula is C19H14N4S. The van der Waals surface area contributed by atoms with Crippen LogP contribution >= 0.6 is 11.5 Å². The molecule has 4 nitrogen and oxygen atoms in total. The van der Waals surface area contributed by atoms with Crippen molar-refractivity contribution >= 4 is 22.4 Å². The van der Waals surface area contributed by atoms with Crippen LogP contribution in [0.5, 0.6) is 0 Å². The van der Waals surface area contributed by atoms with Gasteiger partial charge in [-0.25, -0.2) is 4.98 Å². The smallest absolute Gasteiger partial charge is 0.138 e. The number of rotatable bonds is 4. The van der Waals surface area contributed by atoms with Crippen molar-refractivity contribution in [3.63, 3.8) is 0 Å². The molecule has 24 heavy (non-hydrogen) atoms. The quantitative estimate of drug-likeness (QED) is 0.571. The molecule has 0 amide bonds. The van der Waals surface area contributed by atoms with Gasteiger partial charge in [0.1, 0.15) is 16.5 Å². The molecule has 0 aliphatic heterocycles. The highest BCUT2D eigenvalue weighted by atomic mass is 32.1. The largest absolute Gasteiger partial charge is 0.330 e. The van der Waals surface area contributed by atoms with E-state index in [0.29, 0.717) is 0 Å². The second-order valence-corrected chi connectivity index (χ2v) is 5.99. The number of nitrogens with one attached hydrogen (secondary N) is 1. The van der Waals surface area contributed by atoms with Crippen molar-refractivity contribution in [2.45, 2.75) is 0 Å². The van der Waals surface area contributed by atoms with E-state index in [-0.39, 0.29) is 0 Å². The molecule has 0 unspecified atom stereocenters. The SMILES string of the molecule is c1ccc(-c2cccnc2Nc2cc(-c3ccccn3)ns2)cc1. The van der Waals surface area contributed by atoms with E-state index < -0.39 is 0 Å². The third-order valence-electron chi connectivity index (χ3n) is 3.57. The van der Waals surface area contributed by atoms with Gasteiger partial charge in [-0.05, 0) is 41.4 Å².